The summed E-state index contributed by atoms with van der Waals surface area (Å²) >= 11 is 1.64. The van der Waals surface area contributed by atoms with Gasteiger partial charge in [-0.15, -0.1) is 0 Å². The number of hydrogen-bond acceptors (Lipinski definition) is 5. The molecular formula is C14H17N3O2S. The summed E-state index contributed by atoms with van der Waals surface area (Å²) in [5.74, 6) is 1.61. The molecule has 0 bridgehead atoms. The van der Waals surface area contributed by atoms with Gasteiger partial charge in [-0.1, -0.05) is 11.8 Å². The van der Waals surface area contributed by atoms with Crippen LogP contribution in [0.15, 0.2) is 28.1 Å². The van der Waals surface area contributed by atoms with Gasteiger partial charge in [0.25, 0.3) is 0 Å². The standard InChI is InChI=1S/C14H17N3O2S/c1-9-11(8-15)14(17(2)16-9)20-10-3-4-12-13(7-10)19-6-5-18-12/h3-4,7H,5-6,8,15H2,1-2H3. The average Bonchev–Trinajstić information content (AvgIpc) is 2.72. The highest BCUT2D eigenvalue weighted by Gasteiger charge is 2.16. The van der Waals surface area contributed by atoms with Crippen LogP contribution < -0.4 is 15.2 Å². The first-order chi connectivity index (χ1) is 9.69. The van der Waals surface area contributed by atoms with E-state index in [1.54, 1.807) is 11.8 Å². The summed E-state index contributed by atoms with van der Waals surface area (Å²) in [6.07, 6.45) is 0. The van der Waals surface area contributed by atoms with E-state index in [-0.39, 0.29) is 0 Å². The molecule has 3 rings (SSSR count). The number of aryl methyl sites for hydroxylation is 2. The molecule has 5 nitrogen and oxygen atoms in total. The van der Waals surface area contributed by atoms with Crippen molar-refractivity contribution in [2.75, 3.05) is 13.2 Å². The summed E-state index contributed by atoms with van der Waals surface area (Å²) in [7, 11) is 1.94. The highest BCUT2D eigenvalue weighted by Crippen LogP contribution is 2.38. The first-order valence-corrected chi connectivity index (χ1v) is 7.30. The van der Waals surface area contributed by atoms with E-state index in [2.05, 4.69) is 5.10 Å². The van der Waals surface area contributed by atoms with Crippen molar-refractivity contribution in [3.8, 4) is 11.5 Å². The molecule has 0 amide bonds. The van der Waals surface area contributed by atoms with Crippen molar-refractivity contribution < 1.29 is 9.47 Å². The molecule has 0 radical (unpaired) electrons. The maximum absolute atomic E-state index is 5.82. The Morgan fingerprint density at radius 1 is 1.30 bits per heavy atom. The molecule has 0 saturated carbocycles. The van der Waals surface area contributed by atoms with Crippen molar-refractivity contribution in [3.05, 3.63) is 29.5 Å². The molecule has 1 aliphatic rings. The second kappa shape index (κ2) is 5.38. The predicted octanol–water partition coefficient (Wildman–Crippen LogP) is 2.11. The Kier molecular flexibility index (Phi) is 3.58. The molecule has 0 atom stereocenters. The lowest BCUT2D eigenvalue weighted by atomic mass is 10.3. The van der Waals surface area contributed by atoms with Crippen LogP contribution >= 0.6 is 11.8 Å². The largest absolute Gasteiger partial charge is 0.486 e. The van der Waals surface area contributed by atoms with Crippen LogP contribution in [0.1, 0.15) is 11.3 Å². The smallest absolute Gasteiger partial charge is 0.162 e. The number of fused-ring (bicyclic) bond motifs is 1. The topological polar surface area (TPSA) is 62.3 Å². The van der Waals surface area contributed by atoms with Crippen LogP contribution in [-0.4, -0.2) is 23.0 Å². The number of benzene rings is 1. The summed E-state index contributed by atoms with van der Waals surface area (Å²) in [5.41, 5.74) is 7.89. The fourth-order valence-corrected chi connectivity index (χ4v) is 3.29. The minimum atomic E-state index is 0.493. The van der Waals surface area contributed by atoms with E-state index < -0.39 is 0 Å². The van der Waals surface area contributed by atoms with Crippen molar-refractivity contribution in [2.24, 2.45) is 12.8 Å². The quantitative estimate of drug-likeness (QED) is 0.938. The van der Waals surface area contributed by atoms with Crippen molar-refractivity contribution in [1.29, 1.82) is 0 Å². The first kappa shape index (κ1) is 13.3. The van der Waals surface area contributed by atoms with Gasteiger partial charge >= 0.3 is 0 Å². The van der Waals surface area contributed by atoms with Gasteiger partial charge in [0.1, 0.15) is 18.2 Å². The molecule has 106 valence electrons. The Bertz CT molecular complexity index is 640. The van der Waals surface area contributed by atoms with Gasteiger partial charge < -0.3 is 15.2 Å². The molecule has 1 aliphatic heterocycles. The van der Waals surface area contributed by atoms with Crippen LogP contribution in [0.3, 0.4) is 0 Å². The summed E-state index contributed by atoms with van der Waals surface area (Å²) in [6.45, 7) is 3.68. The van der Waals surface area contributed by atoms with E-state index >= 15 is 0 Å². The number of hydrogen-bond donors (Lipinski definition) is 1. The van der Waals surface area contributed by atoms with E-state index in [0.29, 0.717) is 19.8 Å². The average molecular weight is 291 g/mol. The van der Waals surface area contributed by atoms with E-state index in [0.717, 1.165) is 32.7 Å². The third-order valence-corrected chi connectivity index (χ3v) is 4.41. The maximum Gasteiger partial charge on any atom is 0.162 e. The number of aromatic nitrogens is 2. The zero-order chi connectivity index (χ0) is 14.1. The molecule has 0 unspecified atom stereocenters. The molecule has 1 aromatic heterocycles. The van der Waals surface area contributed by atoms with Crippen LogP contribution in [0.4, 0.5) is 0 Å². The second-order valence-electron chi connectivity index (χ2n) is 4.60. The Morgan fingerprint density at radius 3 is 2.80 bits per heavy atom. The zero-order valence-electron chi connectivity index (χ0n) is 11.5. The van der Waals surface area contributed by atoms with Gasteiger partial charge in [-0.05, 0) is 25.1 Å². The molecule has 20 heavy (non-hydrogen) atoms. The summed E-state index contributed by atoms with van der Waals surface area (Å²) in [4.78, 5) is 1.09. The van der Waals surface area contributed by atoms with E-state index in [1.165, 1.54) is 0 Å². The summed E-state index contributed by atoms with van der Waals surface area (Å²) < 4.78 is 13.0. The number of ether oxygens (including phenoxy) is 2. The van der Waals surface area contributed by atoms with E-state index in [9.17, 15) is 0 Å². The molecule has 1 aromatic carbocycles. The van der Waals surface area contributed by atoms with Gasteiger partial charge in [-0.2, -0.15) is 5.10 Å². The fourth-order valence-electron chi connectivity index (χ4n) is 2.24. The van der Waals surface area contributed by atoms with Gasteiger partial charge in [0.15, 0.2) is 11.5 Å². The highest BCUT2D eigenvalue weighted by atomic mass is 32.2. The van der Waals surface area contributed by atoms with Gasteiger partial charge in [0, 0.05) is 24.1 Å². The lowest BCUT2D eigenvalue weighted by molar-refractivity contribution is 0.171. The molecule has 2 heterocycles. The molecule has 0 saturated heterocycles. The molecule has 2 N–H and O–H groups in total. The van der Waals surface area contributed by atoms with Crippen molar-refractivity contribution in [2.45, 2.75) is 23.4 Å². The number of rotatable bonds is 3. The van der Waals surface area contributed by atoms with Crippen LogP contribution in [0, 0.1) is 6.92 Å². The van der Waals surface area contributed by atoms with Crippen LogP contribution in [0.25, 0.3) is 0 Å². The normalized spacial score (nSPS) is 13.6. The maximum atomic E-state index is 5.82. The van der Waals surface area contributed by atoms with Gasteiger partial charge in [-0.3, -0.25) is 4.68 Å². The summed E-state index contributed by atoms with van der Waals surface area (Å²) in [5, 5.41) is 5.50. The van der Waals surface area contributed by atoms with Crippen LogP contribution in [-0.2, 0) is 13.6 Å². The van der Waals surface area contributed by atoms with Crippen molar-refractivity contribution in [3.63, 3.8) is 0 Å². The molecular weight excluding hydrogens is 274 g/mol. The lowest BCUT2D eigenvalue weighted by Crippen LogP contribution is -2.15. The number of nitrogens with zero attached hydrogens (tertiary/aromatic N) is 2. The fraction of sp³-hybridized carbons (Fsp3) is 0.357. The number of nitrogens with two attached hydrogens (primary N) is 1. The van der Waals surface area contributed by atoms with Gasteiger partial charge in [0.05, 0.1) is 5.69 Å². The van der Waals surface area contributed by atoms with Crippen molar-refractivity contribution in [1.82, 2.24) is 9.78 Å². The second-order valence-corrected chi connectivity index (χ2v) is 5.67. The third-order valence-electron chi connectivity index (χ3n) is 3.22. The highest BCUT2D eigenvalue weighted by molar-refractivity contribution is 7.99. The van der Waals surface area contributed by atoms with Crippen LogP contribution in [0.2, 0.25) is 0 Å². The van der Waals surface area contributed by atoms with Gasteiger partial charge in [0.2, 0.25) is 0 Å². The van der Waals surface area contributed by atoms with E-state index in [1.807, 2.05) is 36.9 Å². The van der Waals surface area contributed by atoms with Crippen molar-refractivity contribution >= 4 is 11.8 Å². The zero-order valence-corrected chi connectivity index (χ0v) is 12.4. The Balaban J connectivity index is 1.91. The predicted molar refractivity (Wildman–Crippen MR) is 77.4 cm³/mol. The molecule has 0 fully saturated rings. The van der Waals surface area contributed by atoms with Crippen LogP contribution in [0.5, 0.6) is 11.5 Å². The minimum absolute atomic E-state index is 0.493. The Labute approximate surface area is 122 Å². The first-order valence-electron chi connectivity index (χ1n) is 6.49. The molecule has 0 aliphatic carbocycles. The SMILES string of the molecule is Cc1nn(C)c(Sc2ccc3c(c2)OCCO3)c1CN. The van der Waals surface area contributed by atoms with E-state index in [4.69, 9.17) is 15.2 Å². The summed E-state index contributed by atoms with van der Waals surface area (Å²) in [6, 6.07) is 5.98. The Hall–Kier alpha value is -1.66. The Morgan fingerprint density at radius 2 is 2.05 bits per heavy atom. The molecule has 2 aromatic rings. The molecule has 0 spiro atoms. The van der Waals surface area contributed by atoms with Gasteiger partial charge in [-0.25, -0.2) is 0 Å². The minimum Gasteiger partial charge on any atom is -0.486 e. The molecule has 6 heteroatoms. The monoisotopic (exact) mass is 291 g/mol. The lowest BCUT2D eigenvalue weighted by Gasteiger charge is -2.18. The third kappa shape index (κ3) is 2.36.